The summed E-state index contributed by atoms with van der Waals surface area (Å²) in [7, 11) is 0. The third-order valence-corrected chi connectivity index (χ3v) is 2.69. The Morgan fingerprint density at radius 2 is 1.35 bits per heavy atom. The molecule has 0 aliphatic heterocycles. The summed E-state index contributed by atoms with van der Waals surface area (Å²) in [6.07, 6.45) is 12.6. The smallest absolute Gasteiger partial charge is 0.123 e. The van der Waals surface area contributed by atoms with Gasteiger partial charge in [0, 0.05) is 6.42 Å². The first-order chi connectivity index (χ1) is 8.06. The minimum atomic E-state index is 0.551. The summed E-state index contributed by atoms with van der Waals surface area (Å²) in [5.74, 6) is 0. The van der Waals surface area contributed by atoms with E-state index in [2.05, 4.69) is 39.8 Å². The maximum atomic E-state index is 10.2. The Morgan fingerprint density at radius 3 is 1.88 bits per heavy atom. The molecule has 0 rings (SSSR count). The van der Waals surface area contributed by atoms with E-state index in [9.17, 15) is 4.79 Å². The van der Waals surface area contributed by atoms with Crippen LogP contribution in [0.2, 0.25) is 0 Å². The van der Waals surface area contributed by atoms with Crippen LogP contribution < -0.4 is 0 Å². The molecule has 1 nitrogen and oxygen atoms in total. The molecule has 0 N–H and O–H groups in total. The van der Waals surface area contributed by atoms with Crippen molar-refractivity contribution in [3.8, 4) is 0 Å². The molecule has 0 radical (unpaired) electrons. The van der Waals surface area contributed by atoms with Gasteiger partial charge in [0.05, 0.1) is 0 Å². The topological polar surface area (TPSA) is 17.1 Å². The van der Waals surface area contributed by atoms with Crippen LogP contribution in [0, 0.1) is 0 Å². The van der Waals surface area contributed by atoms with E-state index < -0.39 is 0 Å². The average molecular weight is 234 g/mol. The van der Waals surface area contributed by atoms with Crippen molar-refractivity contribution in [1.82, 2.24) is 0 Å². The predicted octanol–water partition coefficient (Wildman–Crippen LogP) is 4.99. The highest BCUT2D eigenvalue weighted by molar-refractivity contribution is 5.52. The Labute approximate surface area is 106 Å². The van der Waals surface area contributed by atoms with Crippen LogP contribution in [0.15, 0.2) is 34.9 Å². The van der Waals surface area contributed by atoms with Crippen LogP contribution in [0.1, 0.15) is 59.8 Å². The Hall–Kier alpha value is -1.11. The molecule has 0 unspecified atom stereocenters. The maximum absolute atomic E-state index is 10.2. The van der Waals surface area contributed by atoms with Crippen LogP contribution in [0.3, 0.4) is 0 Å². The van der Waals surface area contributed by atoms with Crippen molar-refractivity contribution in [3.05, 3.63) is 34.9 Å². The van der Waals surface area contributed by atoms with E-state index in [0.29, 0.717) is 6.42 Å². The number of hydrogen-bond donors (Lipinski definition) is 0. The van der Waals surface area contributed by atoms with Gasteiger partial charge in [0.1, 0.15) is 6.29 Å². The molecule has 0 aromatic heterocycles. The van der Waals surface area contributed by atoms with Crippen molar-refractivity contribution in [2.45, 2.75) is 59.8 Å². The van der Waals surface area contributed by atoms with E-state index in [1.807, 2.05) is 6.08 Å². The monoisotopic (exact) mass is 234 g/mol. The fraction of sp³-hybridized carbons (Fsp3) is 0.562. The first kappa shape index (κ1) is 15.9. The summed E-state index contributed by atoms with van der Waals surface area (Å²) < 4.78 is 0. The molecular weight excluding hydrogens is 208 g/mol. The minimum absolute atomic E-state index is 0.551. The van der Waals surface area contributed by atoms with E-state index in [0.717, 1.165) is 32.0 Å². The number of aldehydes is 1. The average Bonchev–Trinajstić information content (AvgIpc) is 2.25. The third kappa shape index (κ3) is 11.2. The molecule has 0 atom stereocenters. The highest BCUT2D eigenvalue weighted by atomic mass is 16.1. The SMILES string of the molecule is CC(C)=CCCC(C)=CCCC(C)=CCC=O. The van der Waals surface area contributed by atoms with Crippen LogP contribution in [0.5, 0.6) is 0 Å². The second kappa shape index (κ2) is 10.1. The Balaban J connectivity index is 3.83. The maximum Gasteiger partial charge on any atom is 0.123 e. The first-order valence-corrected chi connectivity index (χ1v) is 6.44. The molecule has 0 aliphatic carbocycles. The Bertz CT molecular complexity index is 301. The van der Waals surface area contributed by atoms with Crippen molar-refractivity contribution in [2.24, 2.45) is 0 Å². The quantitative estimate of drug-likeness (QED) is 0.427. The predicted molar refractivity (Wildman–Crippen MR) is 76.1 cm³/mol. The normalized spacial score (nSPS) is 12.5. The van der Waals surface area contributed by atoms with Crippen molar-refractivity contribution in [2.75, 3.05) is 0 Å². The minimum Gasteiger partial charge on any atom is -0.303 e. The molecule has 0 spiro atoms. The van der Waals surface area contributed by atoms with Crippen molar-refractivity contribution in [3.63, 3.8) is 0 Å². The van der Waals surface area contributed by atoms with E-state index >= 15 is 0 Å². The van der Waals surface area contributed by atoms with Gasteiger partial charge in [-0.1, -0.05) is 34.9 Å². The molecule has 0 saturated carbocycles. The fourth-order valence-electron chi connectivity index (χ4n) is 1.59. The van der Waals surface area contributed by atoms with Gasteiger partial charge in [0.15, 0.2) is 0 Å². The molecule has 0 amide bonds. The second-order valence-electron chi connectivity index (χ2n) is 4.86. The zero-order valence-electron chi connectivity index (χ0n) is 11.8. The number of hydrogen-bond acceptors (Lipinski definition) is 1. The van der Waals surface area contributed by atoms with Gasteiger partial charge in [-0.25, -0.2) is 0 Å². The van der Waals surface area contributed by atoms with Crippen LogP contribution >= 0.6 is 0 Å². The lowest BCUT2D eigenvalue weighted by atomic mass is 10.1. The third-order valence-electron chi connectivity index (χ3n) is 2.69. The van der Waals surface area contributed by atoms with E-state index in [4.69, 9.17) is 0 Å². The molecular formula is C16H26O. The highest BCUT2D eigenvalue weighted by Gasteiger charge is 1.91. The number of rotatable bonds is 8. The van der Waals surface area contributed by atoms with Crippen molar-refractivity contribution < 1.29 is 4.79 Å². The van der Waals surface area contributed by atoms with E-state index in [1.54, 1.807) is 0 Å². The van der Waals surface area contributed by atoms with Gasteiger partial charge in [-0.3, -0.25) is 0 Å². The van der Waals surface area contributed by atoms with Gasteiger partial charge in [0.25, 0.3) is 0 Å². The molecule has 0 aromatic rings. The molecule has 0 aromatic carbocycles. The van der Waals surface area contributed by atoms with Crippen LogP contribution in [-0.4, -0.2) is 6.29 Å². The van der Waals surface area contributed by atoms with Gasteiger partial charge in [-0.2, -0.15) is 0 Å². The number of allylic oxidation sites excluding steroid dienone is 6. The summed E-state index contributed by atoms with van der Waals surface area (Å²) in [6, 6.07) is 0. The second-order valence-corrected chi connectivity index (χ2v) is 4.86. The first-order valence-electron chi connectivity index (χ1n) is 6.44. The van der Waals surface area contributed by atoms with Gasteiger partial charge in [-0.15, -0.1) is 0 Å². The molecule has 0 bridgehead atoms. The largest absolute Gasteiger partial charge is 0.303 e. The van der Waals surface area contributed by atoms with Crippen molar-refractivity contribution >= 4 is 6.29 Å². The Morgan fingerprint density at radius 1 is 0.824 bits per heavy atom. The van der Waals surface area contributed by atoms with Gasteiger partial charge < -0.3 is 4.79 Å². The summed E-state index contributed by atoms with van der Waals surface area (Å²) in [4.78, 5) is 10.2. The molecule has 0 fully saturated rings. The summed E-state index contributed by atoms with van der Waals surface area (Å²) in [6.45, 7) is 8.57. The highest BCUT2D eigenvalue weighted by Crippen LogP contribution is 2.11. The molecule has 0 saturated heterocycles. The zero-order valence-corrected chi connectivity index (χ0v) is 11.8. The van der Waals surface area contributed by atoms with Gasteiger partial charge in [-0.05, 0) is 53.4 Å². The molecule has 96 valence electrons. The lowest BCUT2D eigenvalue weighted by Gasteiger charge is -2.00. The van der Waals surface area contributed by atoms with E-state index in [1.165, 1.54) is 16.7 Å². The molecule has 0 aliphatic rings. The van der Waals surface area contributed by atoms with Crippen LogP contribution in [0.25, 0.3) is 0 Å². The molecule has 1 heteroatoms. The fourth-order valence-corrected chi connectivity index (χ4v) is 1.59. The van der Waals surface area contributed by atoms with E-state index in [-0.39, 0.29) is 0 Å². The van der Waals surface area contributed by atoms with Crippen LogP contribution in [0.4, 0.5) is 0 Å². The molecule has 0 heterocycles. The standard InChI is InChI=1S/C16H26O/c1-14(2)8-5-9-15(3)10-6-11-16(4)12-7-13-17/h8,10,12-13H,5-7,9,11H2,1-4H3. The van der Waals surface area contributed by atoms with Crippen molar-refractivity contribution in [1.29, 1.82) is 0 Å². The number of carbonyl (C=O) groups excluding carboxylic acids is 1. The van der Waals surface area contributed by atoms with Crippen LogP contribution in [-0.2, 0) is 4.79 Å². The number of carbonyl (C=O) groups is 1. The lowest BCUT2D eigenvalue weighted by molar-refractivity contribution is -0.107. The lowest BCUT2D eigenvalue weighted by Crippen LogP contribution is -1.81. The summed E-state index contributed by atoms with van der Waals surface area (Å²) in [5, 5.41) is 0. The van der Waals surface area contributed by atoms with Gasteiger partial charge in [0.2, 0.25) is 0 Å². The van der Waals surface area contributed by atoms with Gasteiger partial charge >= 0.3 is 0 Å². The summed E-state index contributed by atoms with van der Waals surface area (Å²) >= 11 is 0. The zero-order chi connectivity index (χ0) is 13.1. The Kier molecular flexibility index (Phi) is 9.41. The summed E-state index contributed by atoms with van der Waals surface area (Å²) in [5.41, 5.74) is 4.17. The molecule has 17 heavy (non-hydrogen) atoms.